The molecule has 1 amide bonds. The molecule has 0 bridgehead atoms. The highest BCUT2D eigenvalue weighted by molar-refractivity contribution is 7.89. The molecule has 3 rings (SSSR count). The third kappa shape index (κ3) is 3.60. The summed E-state index contributed by atoms with van der Waals surface area (Å²) in [6, 6.07) is 7.94. The second-order valence-electron chi connectivity index (χ2n) is 6.03. The first-order valence-electron chi connectivity index (χ1n) is 7.88. The summed E-state index contributed by atoms with van der Waals surface area (Å²) in [6.45, 7) is 2.41. The van der Waals surface area contributed by atoms with Crippen LogP contribution in [0.4, 0.5) is 0 Å². The number of likely N-dealkylation sites (N-methyl/N-ethyl adjacent to an activating group) is 1. The second-order valence-corrected chi connectivity index (χ2v) is 9.51. The lowest BCUT2D eigenvalue weighted by atomic mass is 10.0. The average molecular weight is 399 g/mol. The molecule has 5 nitrogen and oxygen atoms in total. The number of thiophene rings is 1. The number of nitrogens with zero attached hydrogens (tertiary/aromatic N) is 2. The number of halogens is 1. The minimum absolute atomic E-state index is 0.0332. The van der Waals surface area contributed by atoms with E-state index in [0.29, 0.717) is 11.6 Å². The number of amides is 1. The molecule has 1 atom stereocenters. The topological polar surface area (TPSA) is 57.7 Å². The van der Waals surface area contributed by atoms with Gasteiger partial charge in [-0.3, -0.25) is 4.79 Å². The Bertz CT molecular complexity index is 878. The summed E-state index contributed by atoms with van der Waals surface area (Å²) >= 11 is 7.51. The summed E-state index contributed by atoms with van der Waals surface area (Å²) in [5.74, 6) is -0.190. The monoisotopic (exact) mass is 398 g/mol. The highest BCUT2D eigenvalue weighted by Crippen LogP contribution is 2.33. The highest BCUT2D eigenvalue weighted by atomic mass is 35.5. The number of carbonyl (C=O) groups is 1. The Balaban J connectivity index is 1.73. The van der Waals surface area contributed by atoms with Crippen LogP contribution in [0.3, 0.4) is 0 Å². The van der Waals surface area contributed by atoms with Gasteiger partial charge in [0.05, 0.1) is 17.5 Å². The van der Waals surface area contributed by atoms with Crippen LogP contribution in [-0.2, 0) is 21.2 Å². The summed E-state index contributed by atoms with van der Waals surface area (Å²) in [4.78, 5) is 15.9. The molecular weight excluding hydrogens is 380 g/mol. The van der Waals surface area contributed by atoms with Crippen LogP contribution in [0.1, 0.15) is 23.4 Å². The lowest BCUT2D eigenvalue weighted by molar-refractivity contribution is -0.133. The molecule has 0 saturated heterocycles. The predicted molar refractivity (Wildman–Crippen MR) is 99.4 cm³/mol. The molecule has 1 aliphatic heterocycles. The van der Waals surface area contributed by atoms with Crippen molar-refractivity contribution in [1.29, 1.82) is 0 Å². The van der Waals surface area contributed by atoms with Gasteiger partial charge in [0.15, 0.2) is 0 Å². The quantitative estimate of drug-likeness (QED) is 0.794. The SMILES string of the molecule is C[C@H]1c2ccsc2CCN1C(=O)CN(C)S(=O)(=O)c1ccc(Cl)cc1. The molecule has 2 heterocycles. The van der Waals surface area contributed by atoms with E-state index in [0.717, 1.165) is 16.3 Å². The smallest absolute Gasteiger partial charge is 0.243 e. The lowest BCUT2D eigenvalue weighted by Gasteiger charge is -2.34. The van der Waals surface area contributed by atoms with Gasteiger partial charge in [0.2, 0.25) is 15.9 Å². The van der Waals surface area contributed by atoms with Crippen LogP contribution in [0, 0.1) is 0 Å². The molecular formula is C17H19ClN2O3S2. The molecule has 25 heavy (non-hydrogen) atoms. The van der Waals surface area contributed by atoms with Crippen LogP contribution in [0.2, 0.25) is 5.02 Å². The molecule has 1 aromatic heterocycles. The van der Waals surface area contributed by atoms with E-state index in [2.05, 4.69) is 0 Å². The van der Waals surface area contributed by atoms with E-state index in [4.69, 9.17) is 11.6 Å². The van der Waals surface area contributed by atoms with Crippen molar-refractivity contribution in [2.24, 2.45) is 0 Å². The van der Waals surface area contributed by atoms with E-state index < -0.39 is 10.0 Å². The molecule has 2 aromatic rings. The molecule has 0 unspecified atom stereocenters. The van der Waals surface area contributed by atoms with Crippen LogP contribution in [0.5, 0.6) is 0 Å². The Kier molecular flexibility index (Phi) is 5.20. The Labute approximate surface area is 156 Å². The Morgan fingerprint density at radius 1 is 1.32 bits per heavy atom. The van der Waals surface area contributed by atoms with Gasteiger partial charge in [-0.15, -0.1) is 11.3 Å². The zero-order valence-corrected chi connectivity index (χ0v) is 16.4. The van der Waals surface area contributed by atoms with E-state index in [-0.39, 0.29) is 23.4 Å². The molecule has 0 radical (unpaired) electrons. The van der Waals surface area contributed by atoms with Crippen molar-refractivity contribution in [2.45, 2.75) is 24.3 Å². The first-order chi connectivity index (χ1) is 11.8. The Morgan fingerprint density at radius 3 is 2.68 bits per heavy atom. The van der Waals surface area contributed by atoms with E-state index in [1.54, 1.807) is 16.2 Å². The van der Waals surface area contributed by atoms with E-state index in [1.165, 1.54) is 36.2 Å². The van der Waals surface area contributed by atoms with Crippen molar-refractivity contribution in [3.8, 4) is 0 Å². The molecule has 1 aliphatic rings. The van der Waals surface area contributed by atoms with Gasteiger partial charge in [0.1, 0.15) is 0 Å². The van der Waals surface area contributed by atoms with Gasteiger partial charge in [-0.05, 0) is 54.6 Å². The van der Waals surface area contributed by atoms with Crippen LogP contribution in [-0.4, -0.2) is 43.7 Å². The van der Waals surface area contributed by atoms with Crippen molar-refractivity contribution in [2.75, 3.05) is 20.1 Å². The van der Waals surface area contributed by atoms with Crippen molar-refractivity contribution < 1.29 is 13.2 Å². The maximum atomic E-state index is 12.7. The van der Waals surface area contributed by atoms with Gasteiger partial charge in [0, 0.05) is 23.5 Å². The molecule has 0 N–H and O–H groups in total. The molecule has 0 saturated carbocycles. The highest BCUT2D eigenvalue weighted by Gasteiger charge is 2.31. The fourth-order valence-electron chi connectivity index (χ4n) is 3.00. The minimum atomic E-state index is -3.73. The standard InChI is InChI=1S/C17H19ClN2O3S2/c1-12-15-8-10-24-16(15)7-9-20(12)17(21)11-19(2)25(22,23)14-5-3-13(18)4-6-14/h3-6,8,10,12H,7,9,11H2,1-2H3/t12-/m0/s1. The van der Waals surface area contributed by atoms with Gasteiger partial charge in [-0.2, -0.15) is 4.31 Å². The molecule has 8 heteroatoms. The molecule has 0 aliphatic carbocycles. The van der Waals surface area contributed by atoms with Gasteiger partial charge in [-0.25, -0.2) is 8.42 Å². The lowest BCUT2D eigenvalue weighted by Crippen LogP contribution is -2.44. The van der Waals surface area contributed by atoms with Crippen molar-refractivity contribution in [3.05, 3.63) is 51.2 Å². The molecule has 1 aromatic carbocycles. The molecule has 134 valence electrons. The Hall–Kier alpha value is -1.41. The third-order valence-corrected chi connectivity index (χ3v) is 7.54. The van der Waals surface area contributed by atoms with E-state index in [1.807, 2.05) is 18.4 Å². The maximum Gasteiger partial charge on any atom is 0.243 e. The van der Waals surface area contributed by atoms with E-state index >= 15 is 0 Å². The fourth-order valence-corrected chi connectivity index (χ4v) is 5.21. The second kappa shape index (κ2) is 7.07. The summed E-state index contributed by atoms with van der Waals surface area (Å²) in [7, 11) is -2.30. The normalized spacial score (nSPS) is 17.6. The van der Waals surface area contributed by atoms with Crippen molar-refractivity contribution in [1.82, 2.24) is 9.21 Å². The zero-order valence-electron chi connectivity index (χ0n) is 14.0. The fraction of sp³-hybridized carbons (Fsp3) is 0.353. The van der Waals surface area contributed by atoms with Gasteiger partial charge in [-0.1, -0.05) is 11.6 Å². The summed E-state index contributed by atoms with van der Waals surface area (Å²) in [5, 5.41) is 2.50. The average Bonchev–Trinajstić information content (AvgIpc) is 3.05. The Morgan fingerprint density at radius 2 is 2.00 bits per heavy atom. The minimum Gasteiger partial charge on any atom is -0.334 e. The summed E-state index contributed by atoms with van der Waals surface area (Å²) in [6.07, 6.45) is 0.816. The van der Waals surface area contributed by atoms with Crippen LogP contribution >= 0.6 is 22.9 Å². The number of sulfonamides is 1. The first kappa shape index (κ1) is 18.4. The van der Waals surface area contributed by atoms with Crippen molar-refractivity contribution in [3.63, 3.8) is 0 Å². The van der Waals surface area contributed by atoms with Crippen LogP contribution in [0.25, 0.3) is 0 Å². The largest absolute Gasteiger partial charge is 0.334 e. The number of fused-ring (bicyclic) bond motifs is 1. The number of rotatable bonds is 4. The van der Waals surface area contributed by atoms with Gasteiger partial charge >= 0.3 is 0 Å². The predicted octanol–water partition coefficient (Wildman–Crippen LogP) is 3.17. The maximum absolute atomic E-state index is 12.7. The zero-order chi connectivity index (χ0) is 18.2. The van der Waals surface area contributed by atoms with Crippen LogP contribution < -0.4 is 0 Å². The van der Waals surface area contributed by atoms with Gasteiger partial charge < -0.3 is 4.90 Å². The van der Waals surface area contributed by atoms with E-state index in [9.17, 15) is 13.2 Å². The van der Waals surface area contributed by atoms with Crippen molar-refractivity contribution >= 4 is 38.9 Å². The molecule has 0 spiro atoms. The summed E-state index contributed by atoms with van der Waals surface area (Å²) < 4.78 is 26.3. The van der Waals surface area contributed by atoms with Crippen LogP contribution in [0.15, 0.2) is 40.6 Å². The number of benzene rings is 1. The molecule has 0 fully saturated rings. The number of hydrogen-bond donors (Lipinski definition) is 0. The number of carbonyl (C=O) groups excluding carboxylic acids is 1. The third-order valence-electron chi connectivity index (χ3n) is 4.48. The number of hydrogen-bond acceptors (Lipinski definition) is 4. The summed E-state index contributed by atoms with van der Waals surface area (Å²) in [5.41, 5.74) is 1.16. The van der Waals surface area contributed by atoms with Gasteiger partial charge in [0.25, 0.3) is 0 Å². The first-order valence-corrected chi connectivity index (χ1v) is 10.6.